The lowest BCUT2D eigenvalue weighted by molar-refractivity contribution is -0.119. The monoisotopic (exact) mass is 407 g/mol. The molecule has 1 aromatic rings. The predicted octanol–water partition coefficient (Wildman–Crippen LogP) is 4.47. The first-order valence-electron chi connectivity index (χ1n) is 10.7. The van der Waals surface area contributed by atoms with E-state index >= 15 is 0 Å². The Balaban J connectivity index is 1.60. The van der Waals surface area contributed by atoms with Gasteiger partial charge >= 0.3 is 0 Å². The number of nitrogens with zero attached hydrogens (tertiary/aromatic N) is 1. The second kappa shape index (κ2) is 9.05. The number of piperidine rings is 1. The summed E-state index contributed by atoms with van der Waals surface area (Å²) in [6.45, 7) is 6.46. The van der Waals surface area contributed by atoms with Crippen LogP contribution in [-0.2, 0) is 16.0 Å². The predicted molar refractivity (Wildman–Crippen MR) is 113 cm³/mol. The molecule has 156 valence electrons. The van der Waals surface area contributed by atoms with Gasteiger partial charge in [0.2, 0.25) is 14.3 Å². The number of benzene rings is 1. The molecule has 2 heterocycles. The molecule has 0 spiro atoms. The number of aliphatic hydroxyl groups is 1. The minimum absolute atomic E-state index is 0.0347. The zero-order valence-corrected chi connectivity index (χ0v) is 18.4. The molecule has 6 heteroatoms. The van der Waals surface area contributed by atoms with Crippen LogP contribution in [0.3, 0.4) is 0 Å². The number of hydrogen-bond donors (Lipinski definition) is 1. The second-order valence-electron chi connectivity index (χ2n) is 8.88. The summed E-state index contributed by atoms with van der Waals surface area (Å²) in [5.74, 6) is 0.389. The molecule has 1 amide bonds. The summed E-state index contributed by atoms with van der Waals surface area (Å²) in [6.07, 6.45) is 4.81. The van der Waals surface area contributed by atoms with Crippen LogP contribution < -0.4 is 4.90 Å². The number of anilines is 1. The van der Waals surface area contributed by atoms with E-state index in [1.54, 1.807) is 13.1 Å². The molecule has 28 heavy (non-hydrogen) atoms. The van der Waals surface area contributed by atoms with E-state index in [2.05, 4.69) is 19.1 Å². The third-order valence-corrected chi connectivity index (χ3v) is 8.88. The Morgan fingerprint density at radius 2 is 1.89 bits per heavy atom. The highest BCUT2D eigenvalue weighted by Crippen LogP contribution is 2.46. The maximum Gasteiger partial charge on any atom is 0.246 e. The molecular weight excluding hydrogens is 373 g/mol. The number of amides is 1. The van der Waals surface area contributed by atoms with Gasteiger partial charge in [-0.05, 0) is 68.8 Å². The summed E-state index contributed by atoms with van der Waals surface area (Å²) >= 11 is 0. The van der Waals surface area contributed by atoms with E-state index in [1.165, 1.54) is 5.56 Å². The maximum atomic E-state index is 14.9. The van der Waals surface area contributed by atoms with Crippen LogP contribution in [0.5, 0.6) is 0 Å². The van der Waals surface area contributed by atoms with Gasteiger partial charge < -0.3 is 18.9 Å². The molecule has 0 aromatic heterocycles. The van der Waals surface area contributed by atoms with Gasteiger partial charge in [-0.15, -0.1) is 0 Å². The minimum atomic E-state index is -2.84. The number of aliphatic hydroxyl groups excluding tert-OH is 1. The summed E-state index contributed by atoms with van der Waals surface area (Å²) in [4.78, 5) is 14.0. The lowest BCUT2D eigenvalue weighted by Crippen LogP contribution is -2.36. The van der Waals surface area contributed by atoms with Crippen molar-refractivity contribution >= 4 is 20.0 Å². The van der Waals surface area contributed by atoms with Crippen LogP contribution in [0.1, 0.15) is 44.6 Å². The highest BCUT2D eigenvalue weighted by Gasteiger charge is 2.50. The number of carbonyl (C=O) groups excluding carboxylic acids is 1. The third kappa shape index (κ3) is 4.84. The lowest BCUT2D eigenvalue weighted by Gasteiger charge is -2.28. The SMILES string of the molecule is C[C@@H]1[C@@H]([Si](C)(C)F)[C@H](CCO)O[C@@H]1CCc1ccc(N2CCCCC2=O)cc1. The molecule has 3 rings (SSSR count). The van der Waals surface area contributed by atoms with Gasteiger partial charge in [0.15, 0.2) is 0 Å². The molecule has 2 aliphatic heterocycles. The van der Waals surface area contributed by atoms with E-state index in [-0.39, 0.29) is 36.2 Å². The minimum Gasteiger partial charge on any atom is -0.396 e. The quantitative estimate of drug-likeness (QED) is 0.536. The zero-order valence-electron chi connectivity index (χ0n) is 17.4. The van der Waals surface area contributed by atoms with Crippen LogP contribution >= 0.6 is 0 Å². The average molecular weight is 408 g/mol. The third-order valence-electron chi connectivity index (χ3n) is 6.40. The lowest BCUT2D eigenvalue weighted by atomic mass is 9.95. The fraction of sp³-hybridized carbons (Fsp3) is 0.682. The average Bonchev–Trinajstić information content (AvgIpc) is 2.97. The van der Waals surface area contributed by atoms with Crippen molar-refractivity contribution in [1.82, 2.24) is 0 Å². The van der Waals surface area contributed by atoms with Crippen molar-refractivity contribution in [3.8, 4) is 0 Å². The van der Waals surface area contributed by atoms with E-state index in [4.69, 9.17) is 4.74 Å². The summed E-state index contributed by atoms with van der Waals surface area (Å²) in [7, 11) is -2.84. The van der Waals surface area contributed by atoms with Crippen LogP contribution in [0.4, 0.5) is 9.80 Å². The van der Waals surface area contributed by atoms with Gasteiger partial charge in [-0.3, -0.25) is 4.79 Å². The summed E-state index contributed by atoms with van der Waals surface area (Å²) in [5, 5.41) is 9.33. The van der Waals surface area contributed by atoms with Gasteiger partial charge in [0.25, 0.3) is 0 Å². The first kappa shape index (κ1) is 21.5. The molecule has 2 fully saturated rings. The van der Waals surface area contributed by atoms with Gasteiger partial charge in [-0.1, -0.05) is 19.1 Å². The van der Waals surface area contributed by atoms with Crippen LogP contribution in [0, 0.1) is 5.92 Å². The van der Waals surface area contributed by atoms with E-state index in [0.717, 1.165) is 37.9 Å². The van der Waals surface area contributed by atoms with Crippen molar-refractivity contribution in [3.05, 3.63) is 29.8 Å². The molecule has 0 bridgehead atoms. The van der Waals surface area contributed by atoms with E-state index < -0.39 is 8.41 Å². The number of rotatable bonds is 7. The molecule has 1 N–H and O–H groups in total. The summed E-state index contributed by atoms with van der Waals surface area (Å²) in [6, 6.07) is 8.25. The Hall–Kier alpha value is -1.24. The molecule has 0 aliphatic carbocycles. The highest BCUT2D eigenvalue weighted by molar-refractivity contribution is 6.72. The number of hydrogen-bond acceptors (Lipinski definition) is 3. The van der Waals surface area contributed by atoms with Crippen molar-refractivity contribution in [2.75, 3.05) is 18.1 Å². The number of halogens is 1. The van der Waals surface area contributed by atoms with Gasteiger partial charge in [0.1, 0.15) is 0 Å². The Labute approximate surface area is 169 Å². The van der Waals surface area contributed by atoms with E-state index in [0.29, 0.717) is 12.8 Å². The van der Waals surface area contributed by atoms with E-state index in [9.17, 15) is 14.0 Å². The summed E-state index contributed by atoms with van der Waals surface area (Å²) in [5.41, 5.74) is 2.13. The van der Waals surface area contributed by atoms with Gasteiger partial charge in [0, 0.05) is 30.8 Å². The first-order valence-corrected chi connectivity index (χ1v) is 13.6. The van der Waals surface area contributed by atoms with Crippen LogP contribution in [0.25, 0.3) is 0 Å². The standard InChI is InChI=1S/C22H34FNO3Si/c1-16-19(27-20(13-15-25)22(16)28(2,3)23)12-9-17-7-10-18(11-8-17)24-14-5-4-6-21(24)26/h7-8,10-11,16,19-20,22,25H,4-6,9,12-15H2,1-3H3/t16-,19+,20-,22+/m0/s1. The summed E-state index contributed by atoms with van der Waals surface area (Å²) < 4.78 is 21.0. The van der Waals surface area contributed by atoms with Crippen molar-refractivity contribution in [2.45, 2.75) is 76.3 Å². The van der Waals surface area contributed by atoms with Crippen molar-refractivity contribution in [1.29, 1.82) is 0 Å². The second-order valence-corrected chi connectivity index (χ2v) is 12.7. The molecule has 4 nitrogen and oxygen atoms in total. The van der Waals surface area contributed by atoms with E-state index in [1.807, 2.05) is 17.0 Å². The Morgan fingerprint density at radius 1 is 1.18 bits per heavy atom. The van der Waals surface area contributed by atoms with Crippen LogP contribution in [0.15, 0.2) is 24.3 Å². The smallest absolute Gasteiger partial charge is 0.246 e. The van der Waals surface area contributed by atoms with Crippen LogP contribution in [-0.4, -0.2) is 44.8 Å². The van der Waals surface area contributed by atoms with Gasteiger partial charge in [0.05, 0.1) is 12.2 Å². The fourth-order valence-electron chi connectivity index (χ4n) is 5.01. The van der Waals surface area contributed by atoms with Gasteiger partial charge in [-0.25, -0.2) is 0 Å². The molecule has 4 atom stereocenters. The van der Waals surface area contributed by atoms with Crippen molar-refractivity contribution < 1.29 is 18.7 Å². The number of carbonyl (C=O) groups is 1. The molecule has 2 saturated heterocycles. The molecular formula is C22H34FNO3Si. The van der Waals surface area contributed by atoms with Gasteiger partial charge in [-0.2, -0.15) is 0 Å². The number of aryl methyl sites for hydroxylation is 1. The topological polar surface area (TPSA) is 49.8 Å². The largest absolute Gasteiger partial charge is 0.396 e. The Kier molecular flexibility index (Phi) is 6.94. The molecule has 1 aromatic carbocycles. The fourth-order valence-corrected chi connectivity index (χ4v) is 7.60. The molecule has 2 aliphatic rings. The highest BCUT2D eigenvalue weighted by atomic mass is 28.4. The first-order chi connectivity index (χ1) is 13.3. The number of ether oxygens (including phenoxy) is 1. The Bertz CT molecular complexity index is 661. The Morgan fingerprint density at radius 3 is 2.50 bits per heavy atom. The maximum absolute atomic E-state index is 14.9. The molecule has 0 saturated carbocycles. The molecule has 0 unspecified atom stereocenters. The normalized spacial score (nSPS) is 28.8. The molecule has 0 radical (unpaired) electrons. The zero-order chi connectivity index (χ0) is 20.3. The van der Waals surface area contributed by atoms with Crippen molar-refractivity contribution in [3.63, 3.8) is 0 Å². The van der Waals surface area contributed by atoms with Crippen molar-refractivity contribution in [2.24, 2.45) is 5.92 Å². The van der Waals surface area contributed by atoms with Crippen LogP contribution in [0.2, 0.25) is 18.6 Å².